The van der Waals surface area contributed by atoms with E-state index in [0.29, 0.717) is 34.7 Å². The lowest BCUT2D eigenvalue weighted by molar-refractivity contribution is -0.913. The fourth-order valence-corrected chi connectivity index (χ4v) is 6.30. The van der Waals surface area contributed by atoms with Gasteiger partial charge in [-0.25, -0.2) is 4.79 Å². The number of methoxy groups -OCH3 is 1. The maximum absolute atomic E-state index is 13.0. The van der Waals surface area contributed by atoms with Crippen LogP contribution in [0.15, 0.2) is 18.2 Å². The summed E-state index contributed by atoms with van der Waals surface area (Å²) in [6, 6.07) is 6.10. The summed E-state index contributed by atoms with van der Waals surface area (Å²) in [7, 11) is 1.59. The number of esters is 1. The summed E-state index contributed by atoms with van der Waals surface area (Å²) in [5.74, 6) is 0.0942. The van der Waals surface area contributed by atoms with E-state index in [1.165, 1.54) is 19.3 Å². The van der Waals surface area contributed by atoms with Crippen LogP contribution in [-0.2, 0) is 9.53 Å². The summed E-state index contributed by atoms with van der Waals surface area (Å²) in [5, 5.41) is 3.73. The quantitative estimate of drug-likeness (QED) is 0.575. The van der Waals surface area contributed by atoms with Crippen molar-refractivity contribution in [1.29, 1.82) is 0 Å². The molecule has 1 aromatic carbocycles. The third-order valence-corrected chi connectivity index (χ3v) is 7.10. The van der Waals surface area contributed by atoms with Gasteiger partial charge in [0.15, 0.2) is 0 Å². The highest BCUT2D eigenvalue weighted by atomic mass is 16.5. The van der Waals surface area contributed by atoms with Crippen LogP contribution in [0.5, 0.6) is 5.75 Å². The zero-order valence-electron chi connectivity index (χ0n) is 19.9. The number of carbonyl (C=O) groups excluding carboxylic acids is 2. The summed E-state index contributed by atoms with van der Waals surface area (Å²) in [6.07, 6.45) is 4.14. The molecule has 3 N–H and O–H groups in total. The lowest BCUT2D eigenvalue weighted by Crippen LogP contribution is -3.14. The number of hydrogen-bond acceptors (Lipinski definition) is 4. The van der Waals surface area contributed by atoms with E-state index in [9.17, 15) is 9.59 Å². The van der Waals surface area contributed by atoms with Crippen molar-refractivity contribution in [2.75, 3.05) is 32.1 Å². The Morgan fingerprint density at radius 1 is 1.25 bits per heavy atom. The second kappa shape index (κ2) is 8.43. The number of fused-ring (bicyclic) bond motifs is 3. The molecule has 0 spiro atoms. The minimum absolute atomic E-state index is 0.0855. The Hall–Kier alpha value is -2.54. The zero-order valence-corrected chi connectivity index (χ0v) is 19.9. The van der Waals surface area contributed by atoms with Crippen LogP contribution in [0.2, 0.25) is 0 Å². The maximum Gasteiger partial charge on any atom is 0.356 e. The van der Waals surface area contributed by atoms with Crippen molar-refractivity contribution < 1.29 is 24.0 Å². The molecule has 32 heavy (non-hydrogen) atoms. The van der Waals surface area contributed by atoms with Crippen molar-refractivity contribution in [3.63, 3.8) is 0 Å². The van der Waals surface area contributed by atoms with Gasteiger partial charge in [-0.3, -0.25) is 4.79 Å². The molecular weight excluding hydrogens is 406 g/mol. The van der Waals surface area contributed by atoms with Gasteiger partial charge in [-0.15, -0.1) is 0 Å². The SMILES string of the molecule is CCOC(=O)c1[nH]c2ccc(OC)cc2c1NC(=O)CC[NH+]1C[C@@]2(C)C[C@@H]1CC(C)(C)C2. The number of nitrogens with one attached hydrogen (secondary N) is 3. The second-order valence-corrected chi connectivity index (χ2v) is 10.6. The Bertz CT molecular complexity index is 1030. The lowest BCUT2D eigenvalue weighted by Gasteiger charge is -2.37. The number of H-pyrrole nitrogens is 1. The van der Waals surface area contributed by atoms with Crippen molar-refractivity contribution in [2.24, 2.45) is 10.8 Å². The smallest absolute Gasteiger partial charge is 0.356 e. The Kier molecular flexibility index (Phi) is 5.96. The third kappa shape index (κ3) is 4.49. The molecule has 2 heterocycles. The molecule has 3 atom stereocenters. The zero-order chi connectivity index (χ0) is 23.1. The highest BCUT2D eigenvalue weighted by molar-refractivity contribution is 6.11. The van der Waals surface area contributed by atoms with Gasteiger partial charge >= 0.3 is 5.97 Å². The fourth-order valence-electron chi connectivity index (χ4n) is 6.30. The Labute approximate surface area is 189 Å². The summed E-state index contributed by atoms with van der Waals surface area (Å²) < 4.78 is 10.5. The van der Waals surface area contributed by atoms with E-state index in [-0.39, 0.29) is 18.2 Å². The molecule has 2 aliphatic rings. The predicted molar refractivity (Wildman–Crippen MR) is 124 cm³/mol. The highest BCUT2D eigenvalue weighted by Gasteiger charge is 2.52. The number of likely N-dealkylation sites (tertiary alicyclic amines) is 1. The number of benzene rings is 1. The van der Waals surface area contributed by atoms with Gasteiger partial charge < -0.3 is 24.7 Å². The van der Waals surface area contributed by atoms with Crippen molar-refractivity contribution in [3.05, 3.63) is 23.9 Å². The van der Waals surface area contributed by atoms with Crippen LogP contribution >= 0.6 is 0 Å². The van der Waals surface area contributed by atoms with E-state index in [2.05, 4.69) is 31.1 Å². The topological polar surface area (TPSA) is 84.9 Å². The van der Waals surface area contributed by atoms with Gasteiger partial charge in [0.2, 0.25) is 5.91 Å². The van der Waals surface area contributed by atoms with Gasteiger partial charge in [0, 0.05) is 29.2 Å². The summed E-state index contributed by atoms with van der Waals surface area (Å²) in [4.78, 5) is 30.1. The minimum Gasteiger partial charge on any atom is -0.497 e. The molecule has 1 unspecified atom stereocenters. The van der Waals surface area contributed by atoms with Crippen LogP contribution in [0.4, 0.5) is 5.69 Å². The predicted octanol–water partition coefficient (Wildman–Crippen LogP) is 3.17. The molecule has 4 rings (SSSR count). The van der Waals surface area contributed by atoms with E-state index >= 15 is 0 Å². The normalized spacial score (nSPS) is 26.2. The summed E-state index contributed by atoms with van der Waals surface area (Å²) >= 11 is 0. The first-order valence-corrected chi connectivity index (χ1v) is 11.6. The van der Waals surface area contributed by atoms with E-state index in [1.807, 2.05) is 18.2 Å². The van der Waals surface area contributed by atoms with E-state index in [0.717, 1.165) is 24.0 Å². The number of amides is 1. The van der Waals surface area contributed by atoms with E-state index in [1.54, 1.807) is 18.9 Å². The molecule has 1 aliphatic heterocycles. The Morgan fingerprint density at radius 3 is 2.75 bits per heavy atom. The average Bonchev–Trinajstić information content (AvgIpc) is 3.19. The van der Waals surface area contributed by atoms with Crippen LogP contribution in [0.3, 0.4) is 0 Å². The van der Waals surface area contributed by atoms with Crippen molar-refractivity contribution in [3.8, 4) is 5.75 Å². The van der Waals surface area contributed by atoms with Gasteiger partial charge in [-0.05, 0) is 37.0 Å². The van der Waals surface area contributed by atoms with Crippen LogP contribution in [0.25, 0.3) is 10.9 Å². The van der Waals surface area contributed by atoms with Gasteiger partial charge in [0.05, 0.1) is 45.0 Å². The van der Waals surface area contributed by atoms with Gasteiger partial charge in [0.25, 0.3) is 0 Å². The monoisotopic (exact) mass is 442 g/mol. The highest BCUT2D eigenvalue weighted by Crippen LogP contribution is 2.47. The number of hydrogen-bond donors (Lipinski definition) is 3. The third-order valence-electron chi connectivity index (χ3n) is 7.10. The van der Waals surface area contributed by atoms with Crippen molar-refractivity contribution in [2.45, 2.75) is 59.4 Å². The number of aromatic nitrogens is 1. The Balaban J connectivity index is 1.50. The summed E-state index contributed by atoms with van der Waals surface area (Å²) in [6.45, 7) is 11.1. The summed E-state index contributed by atoms with van der Waals surface area (Å²) in [5.41, 5.74) is 2.23. The molecule has 2 fully saturated rings. The van der Waals surface area contributed by atoms with E-state index < -0.39 is 5.97 Å². The van der Waals surface area contributed by atoms with Gasteiger partial charge in [0.1, 0.15) is 11.4 Å². The lowest BCUT2D eigenvalue weighted by atomic mass is 9.65. The molecule has 2 aromatic rings. The minimum atomic E-state index is -0.480. The van der Waals surface area contributed by atoms with Gasteiger partial charge in [-0.1, -0.05) is 20.8 Å². The van der Waals surface area contributed by atoms with Crippen LogP contribution in [0.1, 0.15) is 63.9 Å². The molecule has 174 valence electrons. The van der Waals surface area contributed by atoms with Crippen molar-refractivity contribution in [1.82, 2.24) is 4.98 Å². The standard InChI is InChI=1S/C25H35N3O4/c1-6-32-23(30)22-21(18-11-17(31-5)7-8-19(18)26-22)27-20(29)9-10-28-15-25(4)13-16(28)12-24(2,3)14-25/h7-8,11,16,26H,6,9-10,12-15H2,1-5H3,(H,27,29)/p+1/t16-,25-/m0/s1. The molecule has 7 heteroatoms. The molecule has 0 radical (unpaired) electrons. The number of quaternary nitrogens is 1. The maximum atomic E-state index is 13.0. The molecule has 2 bridgehead atoms. The molecule has 1 saturated heterocycles. The number of carbonyl (C=O) groups is 2. The first-order chi connectivity index (χ1) is 15.1. The number of ether oxygens (including phenoxy) is 2. The second-order valence-electron chi connectivity index (χ2n) is 10.6. The molecule has 7 nitrogen and oxygen atoms in total. The number of rotatable bonds is 7. The average molecular weight is 443 g/mol. The fraction of sp³-hybridized carbons (Fsp3) is 0.600. The molecule has 1 aromatic heterocycles. The van der Waals surface area contributed by atoms with Gasteiger partial charge in [-0.2, -0.15) is 0 Å². The largest absolute Gasteiger partial charge is 0.497 e. The molecule has 1 saturated carbocycles. The van der Waals surface area contributed by atoms with Crippen LogP contribution in [-0.4, -0.2) is 49.7 Å². The first-order valence-electron chi connectivity index (χ1n) is 11.6. The first kappa shape index (κ1) is 22.6. The Morgan fingerprint density at radius 2 is 2.03 bits per heavy atom. The van der Waals surface area contributed by atoms with E-state index in [4.69, 9.17) is 9.47 Å². The number of aromatic amines is 1. The van der Waals surface area contributed by atoms with Crippen LogP contribution < -0.4 is 15.0 Å². The van der Waals surface area contributed by atoms with Crippen LogP contribution in [0, 0.1) is 10.8 Å². The van der Waals surface area contributed by atoms with Crippen molar-refractivity contribution >= 4 is 28.5 Å². The molecule has 1 aliphatic carbocycles. The molecular formula is C25H36N3O4+. The number of anilines is 1. The molecule has 1 amide bonds.